The largest absolute Gasteiger partial charge is 0.485 e. The van der Waals surface area contributed by atoms with Crippen LogP contribution in [0.3, 0.4) is 0 Å². The number of benzene rings is 2. The van der Waals surface area contributed by atoms with E-state index in [9.17, 15) is 4.79 Å². The van der Waals surface area contributed by atoms with Crippen LogP contribution in [0.2, 0.25) is 0 Å². The second kappa shape index (κ2) is 7.74. The number of carbonyl (C=O) groups excluding carboxylic acids is 1. The van der Waals surface area contributed by atoms with Gasteiger partial charge in [0.2, 0.25) is 0 Å². The summed E-state index contributed by atoms with van der Waals surface area (Å²) in [6.45, 7) is 8.85. The van der Waals surface area contributed by atoms with Crippen molar-refractivity contribution in [3.05, 3.63) is 58.1 Å². The normalized spacial score (nSPS) is 20.1. The molecule has 4 rings (SSSR count). The molecule has 2 aromatic carbocycles. The number of aryl methyl sites for hydroxylation is 3. The van der Waals surface area contributed by atoms with Gasteiger partial charge >= 0.3 is 5.97 Å². The SMILES string of the molecule is COC(=O)[C@@H](C)[C@H](c1ccc2c(c1)O[C@H](c1cc(C)c(C)cc1C)CO2)C1CC1. The molecule has 29 heavy (non-hydrogen) atoms. The molecule has 0 spiro atoms. The molecule has 0 aromatic heterocycles. The molecule has 1 fully saturated rings. The Hall–Kier alpha value is -2.49. The highest BCUT2D eigenvalue weighted by Crippen LogP contribution is 2.49. The number of methoxy groups -OCH3 is 1. The van der Waals surface area contributed by atoms with Crippen LogP contribution in [0.15, 0.2) is 30.3 Å². The van der Waals surface area contributed by atoms with Crippen LogP contribution in [0.1, 0.15) is 59.6 Å². The number of hydrogen-bond donors (Lipinski definition) is 0. The van der Waals surface area contributed by atoms with Crippen LogP contribution in [0, 0.1) is 32.6 Å². The van der Waals surface area contributed by atoms with Gasteiger partial charge in [-0.15, -0.1) is 0 Å². The molecule has 0 amide bonds. The van der Waals surface area contributed by atoms with Gasteiger partial charge < -0.3 is 14.2 Å². The summed E-state index contributed by atoms with van der Waals surface area (Å²) in [7, 11) is 1.46. The molecule has 0 bridgehead atoms. The monoisotopic (exact) mass is 394 g/mol. The third-order valence-corrected chi connectivity index (χ3v) is 6.48. The van der Waals surface area contributed by atoms with Gasteiger partial charge in [-0.25, -0.2) is 0 Å². The van der Waals surface area contributed by atoms with Crippen molar-refractivity contribution in [1.29, 1.82) is 0 Å². The van der Waals surface area contributed by atoms with Crippen LogP contribution in [0.5, 0.6) is 11.5 Å². The van der Waals surface area contributed by atoms with Crippen molar-refractivity contribution in [2.45, 2.75) is 52.6 Å². The van der Waals surface area contributed by atoms with Crippen LogP contribution >= 0.6 is 0 Å². The minimum atomic E-state index is -0.173. The molecule has 1 aliphatic carbocycles. The lowest BCUT2D eigenvalue weighted by Gasteiger charge is -2.30. The van der Waals surface area contributed by atoms with Crippen LogP contribution in [0.25, 0.3) is 0 Å². The van der Waals surface area contributed by atoms with Crippen molar-refractivity contribution < 1.29 is 19.0 Å². The molecule has 3 atom stereocenters. The molecule has 2 aromatic rings. The quantitative estimate of drug-likeness (QED) is 0.635. The van der Waals surface area contributed by atoms with Crippen LogP contribution < -0.4 is 9.47 Å². The van der Waals surface area contributed by atoms with Gasteiger partial charge in [0.25, 0.3) is 0 Å². The number of fused-ring (bicyclic) bond motifs is 1. The van der Waals surface area contributed by atoms with Crippen molar-refractivity contribution in [2.24, 2.45) is 11.8 Å². The maximum absolute atomic E-state index is 12.2. The van der Waals surface area contributed by atoms with Gasteiger partial charge in [0.05, 0.1) is 13.0 Å². The fraction of sp³-hybridized carbons (Fsp3) is 0.480. The summed E-state index contributed by atoms with van der Waals surface area (Å²) in [4.78, 5) is 12.2. The first-order valence-corrected chi connectivity index (χ1v) is 10.5. The fourth-order valence-corrected chi connectivity index (χ4v) is 4.54. The third-order valence-electron chi connectivity index (χ3n) is 6.48. The summed E-state index contributed by atoms with van der Waals surface area (Å²) in [5.41, 5.74) is 6.07. The highest BCUT2D eigenvalue weighted by Gasteiger charge is 2.39. The van der Waals surface area contributed by atoms with Crippen LogP contribution in [0.4, 0.5) is 0 Å². The zero-order valence-electron chi connectivity index (χ0n) is 18.0. The highest BCUT2D eigenvalue weighted by molar-refractivity contribution is 5.73. The Kier molecular flexibility index (Phi) is 5.28. The number of carbonyl (C=O) groups is 1. The summed E-state index contributed by atoms with van der Waals surface area (Å²) in [5, 5.41) is 0. The van der Waals surface area contributed by atoms with E-state index in [4.69, 9.17) is 14.2 Å². The van der Waals surface area contributed by atoms with E-state index in [0.29, 0.717) is 12.5 Å². The van der Waals surface area contributed by atoms with E-state index in [2.05, 4.69) is 45.0 Å². The van der Waals surface area contributed by atoms with E-state index in [1.165, 1.54) is 29.4 Å². The van der Waals surface area contributed by atoms with Crippen molar-refractivity contribution in [3.63, 3.8) is 0 Å². The smallest absolute Gasteiger partial charge is 0.309 e. The molecule has 4 nitrogen and oxygen atoms in total. The number of esters is 1. The van der Waals surface area contributed by atoms with Gasteiger partial charge in [-0.05, 0) is 85.4 Å². The first kappa shape index (κ1) is 19.8. The Bertz CT molecular complexity index is 929. The second-order valence-corrected chi connectivity index (χ2v) is 8.59. The lowest BCUT2D eigenvalue weighted by Crippen LogP contribution is -2.24. The highest BCUT2D eigenvalue weighted by atomic mass is 16.6. The first-order chi connectivity index (χ1) is 13.9. The number of hydrogen-bond acceptors (Lipinski definition) is 4. The molecule has 1 heterocycles. The Labute approximate surface area is 173 Å². The Morgan fingerprint density at radius 1 is 1.03 bits per heavy atom. The van der Waals surface area contributed by atoms with E-state index < -0.39 is 0 Å². The van der Waals surface area contributed by atoms with Crippen molar-refractivity contribution in [3.8, 4) is 11.5 Å². The summed E-state index contributed by atoms with van der Waals surface area (Å²) >= 11 is 0. The van der Waals surface area contributed by atoms with E-state index >= 15 is 0 Å². The molecule has 0 saturated heterocycles. The van der Waals surface area contributed by atoms with E-state index in [1.807, 2.05) is 13.0 Å². The van der Waals surface area contributed by atoms with E-state index in [0.717, 1.165) is 29.9 Å². The molecule has 0 radical (unpaired) electrons. The first-order valence-electron chi connectivity index (χ1n) is 10.5. The second-order valence-electron chi connectivity index (χ2n) is 8.59. The van der Waals surface area contributed by atoms with Gasteiger partial charge in [-0.1, -0.05) is 25.1 Å². The van der Waals surface area contributed by atoms with Crippen molar-refractivity contribution in [2.75, 3.05) is 13.7 Å². The zero-order chi connectivity index (χ0) is 20.7. The van der Waals surface area contributed by atoms with E-state index in [1.54, 1.807) is 0 Å². The Morgan fingerprint density at radius 2 is 1.76 bits per heavy atom. The van der Waals surface area contributed by atoms with Crippen LogP contribution in [-0.4, -0.2) is 19.7 Å². The van der Waals surface area contributed by atoms with Gasteiger partial charge in [-0.2, -0.15) is 0 Å². The van der Waals surface area contributed by atoms with E-state index in [-0.39, 0.29) is 23.9 Å². The summed E-state index contributed by atoms with van der Waals surface area (Å²) in [6, 6.07) is 10.5. The minimum absolute atomic E-state index is 0.130. The lowest BCUT2D eigenvalue weighted by molar-refractivity contribution is -0.145. The molecule has 0 N–H and O–H groups in total. The Morgan fingerprint density at radius 3 is 2.45 bits per heavy atom. The van der Waals surface area contributed by atoms with Crippen molar-refractivity contribution in [1.82, 2.24) is 0 Å². The minimum Gasteiger partial charge on any atom is -0.485 e. The van der Waals surface area contributed by atoms with Gasteiger partial charge in [0.15, 0.2) is 17.6 Å². The lowest BCUT2D eigenvalue weighted by atomic mass is 9.83. The zero-order valence-corrected chi connectivity index (χ0v) is 18.0. The fourth-order valence-electron chi connectivity index (χ4n) is 4.54. The molecule has 2 aliphatic rings. The molecule has 154 valence electrons. The predicted molar refractivity (Wildman–Crippen MR) is 113 cm³/mol. The average molecular weight is 395 g/mol. The summed E-state index contributed by atoms with van der Waals surface area (Å²) in [6.07, 6.45) is 2.19. The molecule has 1 aliphatic heterocycles. The maximum atomic E-state index is 12.2. The van der Waals surface area contributed by atoms with Crippen molar-refractivity contribution >= 4 is 5.97 Å². The molecule has 1 saturated carbocycles. The topological polar surface area (TPSA) is 44.8 Å². The maximum Gasteiger partial charge on any atom is 0.309 e. The summed E-state index contributed by atoms with van der Waals surface area (Å²) in [5.74, 6) is 1.89. The molecular weight excluding hydrogens is 364 g/mol. The number of ether oxygens (including phenoxy) is 3. The Balaban J connectivity index is 1.63. The van der Waals surface area contributed by atoms with Crippen LogP contribution in [-0.2, 0) is 9.53 Å². The standard InChI is InChI=1S/C25H30O4/c1-14-10-16(3)20(11-15(14)2)23-13-28-21-9-8-19(12-22(21)29-23)24(18-6-7-18)17(4)25(26)27-5/h8-12,17-18,23-24H,6-7,13H2,1-5H3/t17-,23-,24-/m0/s1. The molecule has 4 heteroatoms. The predicted octanol–water partition coefficient (Wildman–Crippen LogP) is 5.43. The van der Waals surface area contributed by atoms with Gasteiger partial charge in [-0.3, -0.25) is 4.79 Å². The molecule has 0 unspecified atom stereocenters. The average Bonchev–Trinajstić information content (AvgIpc) is 3.54. The number of rotatable bonds is 5. The van der Waals surface area contributed by atoms with Gasteiger partial charge in [0.1, 0.15) is 6.61 Å². The van der Waals surface area contributed by atoms with Gasteiger partial charge in [0, 0.05) is 0 Å². The molecular formula is C25H30O4. The third kappa shape index (κ3) is 3.85. The summed E-state index contributed by atoms with van der Waals surface area (Å²) < 4.78 is 17.5.